The van der Waals surface area contributed by atoms with E-state index in [0.29, 0.717) is 25.0 Å². The Labute approximate surface area is 93.7 Å². The predicted octanol–water partition coefficient (Wildman–Crippen LogP) is 2.03. The molecule has 0 saturated heterocycles. The van der Waals surface area contributed by atoms with Crippen molar-refractivity contribution in [1.29, 1.82) is 0 Å². The van der Waals surface area contributed by atoms with Crippen LogP contribution in [0.4, 0.5) is 4.39 Å². The van der Waals surface area contributed by atoms with Crippen molar-refractivity contribution in [2.45, 2.75) is 12.8 Å². The molecule has 0 amide bonds. The highest BCUT2D eigenvalue weighted by atomic mass is 19.1. The van der Waals surface area contributed by atoms with Crippen molar-refractivity contribution in [3.63, 3.8) is 0 Å². The summed E-state index contributed by atoms with van der Waals surface area (Å²) in [5, 5.41) is 0. The maximum absolute atomic E-state index is 13.1. The lowest BCUT2D eigenvalue weighted by atomic mass is 10.2. The minimum atomic E-state index is -0.612. The van der Waals surface area contributed by atoms with Crippen LogP contribution in [0.5, 0.6) is 5.75 Å². The van der Waals surface area contributed by atoms with Crippen molar-refractivity contribution in [3.05, 3.63) is 42.2 Å². The van der Waals surface area contributed by atoms with Gasteiger partial charge in [0.2, 0.25) is 0 Å². The largest absolute Gasteiger partial charge is 0.420 e. The Morgan fingerprint density at radius 2 is 2.12 bits per heavy atom. The number of nitrogens with two attached hydrogens (primary N) is 1. The summed E-state index contributed by atoms with van der Waals surface area (Å²) >= 11 is 0. The molecule has 0 saturated carbocycles. The van der Waals surface area contributed by atoms with Crippen LogP contribution in [0.15, 0.2) is 36.4 Å². The van der Waals surface area contributed by atoms with E-state index in [9.17, 15) is 9.18 Å². The number of rotatable bonds is 5. The van der Waals surface area contributed by atoms with Gasteiger partial charge in [-0.1, -0.05) is 18.7 Å². The van der Waals surface area contributed by atoms with Crippen LogP contribution in [0.25, 0.3) is 0 Å². The number of esters is 1. The van der Waals surface area contributed by atoms with Gasteiger partial charge < -0.3 is 10.5 Å². The number of carbonyl (C=O) groups excluding carboxylic acids is 1. The van der Waals surface area contributed by atoms with Crippen LogP contribution in [0.2, 0.25) is 0 Å². The molecule has 86 valence electrons. The minimum absolute atomic E-state index is 0.0820. The van der Waals surface area contributed by atoms with Gasteiger partial charge in [0.15, 0.2) is 11.6 Å². The van der Waals surface area contributed by atoms with Gasteiger partial charge in [0.1, 0.15) is 0 Å². The summed E-state index contributed by atoms with van der Waals surface area (Å²) in [5.74, 6) is -1.26. The lowest BCUT2D eigenvalue weighted by Crippen LogP contribution is -2.12. The molecular weight excluding hydrogens is 209 g/mol. The molecular formula is C12H14FNO2. The van der Waals surface area contributed by atoms with Gasteiger partial charge in [-0.15, -0.1) is 0 Å². The van der Waals surface area contributed by atoms with Crippen molar-refractivity contribution in [1.82, 2.24) is 0 Å². The smallest absolute Gasteiger partial charge is 0.338 e. The lowest BCUT2D eigenvalue weighted by Gasteiger charge is -2.06. The maximum atomic E-state index is 13.1. The van der Waals surface area contributed by atoms with E-state index in [0.717, 1.165) is 0 Å². The summed E-state index contributed by atoms with van der Waals surface area (Å²) in [5.41, 5.74) is 5.60. The van der Waals surface area contributed by atoms with Crippen LogP contribution in [0.3, 0.4) is 0 Å². The van der Waals surface area contributed by atoms with Gasteiger partial charge in [-0.2, -0.15) is 0 Å². The molecule has 0 fully saturated rings. The molecule has 3 nitrogen and oxygen atoms in total. The van der Waals surface area contributed by atoms with Gasteiger partial charge in [-0.25, -0.2) is 9.18 Å². The first-order valence-corrected chi connectivity index (χ1v) is 4.99. The molecule has 0 aliphatic rings. The van der Waals surface area contributed by atoms with Crippen LogP contribution >= 0.6 is 0 Å². The van der Waals surface area contributed by atoms with E-state index in [4.69, 9.17) is 10.5 Å². The average molecular weight is 223 g/mol. The van der Waals surface area contributed by atoms with Gasteiger partial charge in [0.05, 0.1) is 0 Å². The van der Waals surface area contributed by atoms with E-state index < -0.39 is 11.8 Å². The third-order valence-corrected chi connectivity index (χ3v) is 2.01. The van der Waals surface area contributed by atoms with E-state index in [-0.39, 0.29) is 5.75 Å². The Hall–Kier alpha value is -1.68. The van der Waals surface area contributed by atoms with Gasteiger partial charge in [-0.05, 0) is 31.5 Å². The fourth-order valence-corrected chi connectivity index (χ4v) is 1.12. The van der Waals surface area contributed by atoms with Gasteiger partial charge >= 0.3 is 5.97 Å². The van der Waals surface area contributed by atoms with Crippen LogP contribution in [-0.4, -0.2) is 12.5 Å². The number of carbonyl (C=O) groups is 1. The van der Waals surface area contributed by atoms with Crippen molar-refractivity contribution >= 4 is 5.97 Å². The van der Waals surface area contributed by atoms with Gasteiger partial charge in [-0.3, -0.25) is 0 Å². The highest BCUT2D eigenvalue weighted by Gasteiger charge is 2.11. The fourth-order valence-electron chi connectivity index (χ4n) is 1.12. The third-order valence-electron chi connectivity index (χ3n) is 2.01. The van der Waals surface area contributed by atoms with Crippen LogP contribution in [0.1, 0.15) is 12.8 Å². The zero-order valence-electron chi connectivity index (χ0n) is 8.91. The van der Waals surface area contributed by atoms with Gasteiger partial charge in [0, 0.05) is 5.57 Å². The summed E-state index contributed by atoms with van der Waals surface area (Å²) in [6, 6.07) is 5.74. The first-order valence-electron chi connectivity index (χ1n) is 4.99. The first kappa shape index (κ1) is 12.4. The topological polar surface area (TPSA) is 52.3 Å². The average Bonchev–Trinajstić information content (AvgIpc) is 2.28. The van der Waals surface area contributed by atoms with E-state index in [2.05, 4.69) is 6.58 Å². The second kappa shape index (κ2) is 6.02. The molecule has 0 aliphatic carbocycles. The molecule has 0 radical (unpaired) electrons. The highest BCUT2D eigenvalue weighted by Crippen LogP contribution is 2.17. The zero-order chi connectivity index (χ0) is 12.0. The monoisotopic (exact) mass is 223 g/mol. The lowest BCUT2D eigenvalue weighted by molar-refractivity contribution is -0.130. The van der Waals surface area contributed by atoms with Crippen LogP contribution in [-0.2, 0) is 4.79 Å². The first-order chi connectivity index (χ1) is 7.65. The van der Waals surface area contributed by atoms with Crippen LogP contribution < -0.4 is 10.5 Å². The molecule has 4 heteroatoms. The van der Waals surface area contributed by atoms with Crippen molar-refractivity contribution < 1.29 is 13.9 Å². The number of halogens is 1. The quantitative estimate of drug-likeness (QED) is 0.472. The number of ether oxygens (including phenoxy) is 1. The zero-order valence-corrected chi connectivity index (χ0v) is 8.91. The van der Waals surface area contributed by atoms with Gasteiger partial charge in [0.25, 0.3) is 0 Å². The van der Waals surface area contributed by atoms with Crippen molar-refractivity contribution in [2.24, 2.45) is 5.73 Å². The standard InChI is InChI=1S/C12H14FNO2/c1-9(5-4-8-14)12(15)16-11-7-3-2-6-10(11)13/h2-3,6-7H,1,4-5,8,14H2. The molecule has 16 heavy (non-hydrogen) atoms. The maximum Gasteiger partial charge on any atom is 0.338 e. The van der Waals surface area contributed by atoms with E-state index >= 15 is 0 Å². The SMILES string of the molecule is C=C(CCCN)C(=O)Oc1ccccc1F. The fraction of sp³-hybridized carbons (Fsp3) is 0.250. The molecule has 1 rings (SSSR count). The minimum Gasteiger partial charge on any atom is -0.420 e. The number of para-hydroxylation sites is 1. The third kappa shape index (κ3) is 3.47. The Bertz CT molecular complexity index is 390. The molecule has 0 bridgehead atoms. The normalized spacial score (nSPS) is 9.88. The second-order valence-electron chi connectivity index (χ2n) is 3.32. The number of hydrogen-bond donors (Lipinski definition) is 1. The Morgan fingerprint density at radius 3 is 2.75 bits per heavy atom. The summed E-state index contributed by atoms with van der Waals surface area (Å²) in [7, 11) is 0. The molecule has 0 heterocycles. The van der Waals surface area contributed by atoms with Crippen molar-refractivity contribution in [3.8, 4) is 5.75 Å². The summed E-state index contributed by atoms with van der Waals surface area (Å²) in [4.78, 5) is 11.4. The van der Waals surface area contributed by atoms with Crippen molar-refractivity contribution in [2.75, 3.05) is 6.54 Å². The number of hydrogen-bond acceptors (Lipinski definition) is 3. The second-order valence-corrected chi connectivity index (χ2v) is 3.32. The predicted molar refractivity (Wildman–Crippen MR) is 59.5 cm³/mol. The molecule has 0 unspecified atom stereocenters. The molecule has 0 atom stereocenters. The highest BCUT2D eigenvalue weighted by molar-refractivity contribution is 5.89. The van der Waals surface area contributed by atoms with E-state index in [1.807, 2.05) is 0 Å². The summed E-state index contributed by atoms with van der Waals surface area (Å²) in [6.07, 6.45) is 1.12. The summed E-state index contributed by atoms with van der Waals surface area (Å²) in [6.45, 7) is 4.04. The van der Waals surface area contributed by atoms with E-state index in [1.165, 1.54) is 18.2 Å². The molecule has 1 aromatic rings. The number of benzene rings is 1. The molecule has 2 N–H and O–H groups in total. The Balaban J connectivity index is 2.58. The molecule has 0 aliphatic heterocycles. The molecule has 1 aromatic carbocycles. The van der Waals surface area contributed by atoms with E-state index in [1.54, 1.807) is 6.07 Å². The Morgan fingerprint density at radius 1 is 1.44 bits per heavy atom. The molecule has 0 aromatic heterocycles. The Kier molecular flexibility index (Phi) is 4.66. The van der Waals surface area contributed by atoms with Crippen LogP contribution in [0, 0.1) is 5.82 Å². The summed E-state index contributed by atoms with van der Waals surface area (Å²) < 4.78 is 18.0. The molecule has 0 spiro atoms.